The van der Waals surface area contributed by atoms with Gasteiger partial charge in [-0.2, -0.15) is 0 Å². The Bertz CT molecular complexity index is 470. The summed E-state index contributed by atoms with van der Waals surface area (Å²) in [4.78, 5) is 13.0. The zero-order valence-electron chi connectivity index (χ0n) is 11.8. The van der Waals surface area contributed by atoms with Gasteiger partial charge >= 0.3 is 5.97 Å². The summed E-state index contributed by atoms with van der Waals surface area (Å²) in [5.74, 6) is 0.312. The highest BCUT2D eigenvalue weighted by atomic mass is 35.5. The van der Waals surface area contributed by atoms with Crippen molar-refractivity contribution in [2.75, 3.05) is 18.9 Å². The summed E-state index contributed by atoms with van der Waals surface area (Å²) in [6, 6.07) is 5.43. The number of benzene rings is 1. The minimum atomic E-state index is -0.721. The molecular weight excluding hydrogens is 317 g/mol. The van der Waals surface area contributed by atoms with Gasteiger partial charge in [0.05, 0.1) is 16.7 Å². The molecule has 20 heavy (non-hydrogen) atoms. The Labute approximate surface area is 134 Å². The molecule has 0 saturated heterocycles. The lowest BCUT2D eigenvalue weighted by atomic mass is 10.1. The molecule has 1 N–H and O–H groups in total. The fourth-order valence-electron chi connectivity index (χ4n) is 1.66. The fourth-order valence-corrected chi connectivity index (χ4v) is 3.06. The maximum atomic E-state index is 12.1. The van der Waals surface area contributed by atoms with Gasteiger partial charge in [0.15, 0.2) is 0 Å². The minimum absolute atomic E-state index is 0.241. The van der Waals surface area contributed by atoms with E-state index >= 15 is 0 Å². The lowest BCUT2D eigenvalue weighted by Crippen LogP contribution is -2.52. The molecule has 1 aromatic rings. The number of carbonyl (C=O) groups is 1. The highest BCUT2D eigenvalue weighted by molar-refractivity contribution is 7.99. The first kappa shape index (κ1) is 17.6. The van der Waals surface area contributed by atoms with Crippen molar-refractivity contribution in [3.8, 4) is 0 Å². The van der Waals surface area contributed by atoms with Gasteiger partial charge in [0, 0.05) is 10.6 Å². The van der Waals surface area contributed by atoms with Crippen LogP contribution in [0.5, 0.6) is 0 Å². The van der Waals surface area contributed by atoms with Crippen molar-refractivity contribution in [2.45, 2.75) is 31.2 Å². The molecule has 0 radical (unpaired) electrons. The molecule has 1 aromatic carbocycles. The first-order valence-electron chi connectivity index (χ1n) is 6.43. The van der Waals surface area contributed by atoms with Crippen LogP contribution < -0.4 is 5.32 Å². The fraction of sp³-hybridized carbons (Fsp3) is 0.500. The molecule has 0 fully saturated rings. The summed E-state index contributed by atoms with van der Waals surface area (Å²) in [5, 5.41) is 4.22. The maximum absolute atomic E-state index is 12.1. The van der Waals surface area contributed by atoms with Crippen molar-refractivity contribution < 1.29 is 9.53 Å². The predicted octanol–water partition coefficient (Wildman–Crippen LogP) is 4.02. The molecule has 1 unspecified atom stereocenters. The number of rotatable bonds is 7. The van der Waals surface area contributed by atoms with Gasteiger partial charge in [-0.05, 0) is 38.6 Å². The molecule has 1 rings (SSSR count). The SMILES string of the molecule is CCNC(C)(CSc1ccc(Cl)c(Cl)c1)C(=O)OCC. The van der Waals surface area contributed by atoms with E-state index in [0.29, 0.717) is 28.9 Å². The highest BCUT2D eigenvalue weighted by Gasteiger charge is 2.33. The molecule has 0 aromatic heterocycles. The highest BCUT2D eigenvalue weighted by Crippen LogP contribution is 2.30. The lowest BCUT2D eigenvalue weighted by molar-refractivity contribution is -0.149. The number of likely N-dealkylation sites (N-methyl/N-ethyl adjacent to an activating group) is 1. The second-order valence-corrected chi connectivity index (χ2v) is 6.31. The maximum Gasteiger partial charge on any atom is 0.326 e. The summed E-state index contributed by atoms with van der Waals surface area (Å²) in [6.07, 6.45) is 0. The number of hydrogen-bond donors (Lipinski definition) is 1. The molecule has 0 amide bonds. The van der Waals surface area contributed by atoms with Gasteiger partial charge in [-0.1, -0.05) is 30.1 Å². The van der Waals surface area contributed by atoms with Gasteiger partial charge in [-0.15, -0.1) is 11.8 Å². The van der Waals surface area contributed by atoms with Crippen LogP contribution in [0.1, 0.15) is 20.8 Å². The second kappa shape index (κ2) is 8.13. The van der Waals surface area contributed by atoms with Crippen LogP contribution in [0.3, 0.4) is 0 Å². The number of ether oxygens (including phenoxy) is 1. The van der Waals surface area contributed by atoms with Crippen LogP contribution in [-0.2, 0) is 9.53 Å². The molecule has 3 nitrogen and oxygen atoms in total. The van der Waals surface area contributed by atoms with E-state index < -0.39 is 5.54 Å². The van der Waals surface area contributed by atoms with Gasteiger partial charge in [-0.3, -0.25) is 4.79 Å². The van der Waals surface area contributed by atoms with Crippen molar-refractivity contribution in [1.29, 1.82) is 0 Å². The molecule has 1 atom stereocenters. The average Bonchev–Trinajstić information content (AvgIpc) is 2.41. The smallest absolute Gasteiger partial charge is 0.326 e. The van der Waals surface area contributed by atoms with Crippen molar-refractivity contribution in [3.05, 3.63) is 28.2 Å². The molecule has 0 aliphatic heterocycles. The molecule has 112 valence electrons. The molecule has 0 heterocycles. The molecule has 0 bridgehead atoms. The zero-order valence-corrected chi connectivity index (χ0v) is 14.2. The zero-order chi connectivity index (χ0) is 15.2. The van der Waals surface area contributed by atoms with Crippen molar-refractivity contribution in [2.24, 2.45) is 0 Å². The van der Waals surface area contributed by atoms with Crippen LogP contribution in [0.15, 0.2) is 23.1 Å². The molecule has 6 heteroatoms. The van der Waals surface area contributed by atoms with Crippen molar-refractivity contribution in [1.82, 2.24) is 5.32 Å². The number of hydrogen-bond acceptors (Lipinski definition) is 4. The van der Waals surface area contributed by atoms with Crippen LogP contribution >= 0.6 is 35.0 Å². The van der Waals surface area contributed by atoms with Crippen LogP contribution in [-0.4, -0.2) is 30.4 Å². The van der Waals surface area contributed by atoms with Crippen molar-refractivity contribution in [3.63, 3.8) is 0 Å². The Morgan fingerprint density at radius 3 is 2.60 bits per heavy atom. The van der Waals surface area contributed by atoms with Crippen LogP contribution in [0.4, 0.5) is 0 Å². The first-order valence-corrected chi connectivity index (χ1v) is 8.17. The van der Waals surface area contributed by atoms with E-state index in [4.69, 9.17) is 27.9 Å². The molecular formula is C14H19Cl2NO2S. The average molecular weight is 336 g/mol. The largest absolute Gasteiger partial charge is 0.465 e. The number of carbonyl (C=O) groups excluding carboxylic acids is 1. The third kappa shape index (κ3) is 4.85. The van der Waals surface area contributed by atoms with Gasteiger partial charge in [0.2, 0.25) is 0 Å². The van der Waals surface area contributed by atoms with Gasteiger partial charge < -0.3 is 10.1 Å². The number of nitrogens with one attached hydrogen (secondary N) is 1. The first-order chi connectivity index (χ1) is 9.42. The Morgan fingerprint density at radius 1 is 1.35 bits per heavy atom. The van der Waals surface area contributed by atoms with Gasteiger partial charge in [-0.25, -0.2) is 0 Å². The standard InChI is InChI=1S/C14H19Cl2NO2S/c1-4-17-14(3,13(18)19-5-2)9-20-10-6-7-11(15)12(16)8-10/h6-8,17H,4-5,9H2,1-3H3. The molecule has 0 aliphatic rings. The molecule has 0 aliphatic carbocycles. The van der Waals surface area contributed by atoms with E-state index in [0.717, 1.165) is 4.90 Å². The quantitative estimate of drug-likeness (QED) is 0.603. The summed E-state index contributed by atoms with van der Waals surface area (Å²) in [5.41, 5.74) is -0.721. The normalized spacial score (nSPS) is 13.8. The second-order valence-electron chi connectivity index (χ2n) is 4.45. The van der Waals surface area contributed by atoms with E-state index in [9.17, 15) is 4.79 Å². The van der Waals surface area contributed by atoms with E-state index in [1.165, 1.54) is 11.8 Å². The third-order valence-corrected chi connectivity index (χ3v) is 4.76. The Kier molecular flexibility index (Phi) is 7.17. The Morgan fingerprint density at radius 2 is 2.05 bits per heavy atom. The monoisotopic (exact) mass is 335 g/mol. The topological polar surface area (TPSA) is 38.3 Å². The summed E-state index contributed by atoms with van der Waals surface area (Å²) in [7, 11) is 0. The number of thioether (sulfide) groups is 1. The number of halogens is 2. The summed E-state index contributed by atoms with van der Waals surface area (Å²) in [6.45, 7) is 6.67. The van der Waals surface area contributed by atoms with Gasteiger partial charge in [0.25, 0.3) is 0 Å². The Hall–Kier alpha value is -0.420. The van der Waals surface area contributed by atoms with E-state index in [1.807, 2.05) is 19.9 Å². The van der Waals surface area contributed by atoms with E-state index in [2.05, 4.69) is 5.32 Å². The third-order valence-electron chi connectivity index (χ3n) is 2.71. The molecule has 0 saturated carbocycles. The van der Waals surface area contributed by atoms with Crippen LogP contribution in [0.2, 0.25) is 10.0 Å². The summed E-state index contributed by atoms with van der Waals surface area (Å²) < 4.78 is 5.13. The minimum Gasteiger partial charge on any atom is -0.465 e. The molecule has 0 spiro atoms. The van der Waals surface area contributed by atoms with E-state index in [1.54, 1.807) is 19.1 Å². The summed E-state index contributed by atoms with van der Waals surface area (Å²) >= 11 is 13.4. The van der Waals surface area contributed by atoms with Crippen molar-refractivity contribution >= 4 is 40.9 Å². The van der Waals surface area contributed by atoms with Crippen LogP contribution in [0, 0.1) is 0 Å². The Balaban J connectivity index is 2.75. The van der Waals surface area contributed by atoms with Crippen LogP contribution in [0.25, 0.3) is 0 Å². The lowest BCUT2D eigenvalue weighted by Gasteiger charge is -2.27. The predicted molar refractivity (Wildman–Crippen MR) is 85.9 cm³/mol. The number of esters is 1. The van der Waals surface area contributed by atoms with E-state index in [-0.39, 0.29) is 5.97 Å². The van der Waals surface area contributed by atoms with Gasteiger partial charge in [0.1, 0.15) is 5.54 Å².